The van der Waals surface area contributed by atoms with E-state index in [0.29, 0.717) is 9.72 Å². The Balaban J connectivity index is 2.20. The first kappa shape index (κ1) is 19.5. The molecule has 3 rings (SSSR count). The first-order chi connectivity index (χ1) is 12.8. The fourth-order valence-electron chi connectivity index (χ4n) is 2.40. The van der Waals surface area contributed by atoms with Gasteiger partial charge in [-0.1, -0.05) is 29.0 Å². The van der Waals surface area contributed by atoms with Crippen LogP contribution in [0.5, 0.6) is 0 Å². The van der Waals surface area contributed by atoms with E-state index >= 15 is 0 Å². The van der Waals surface area contributed by atoms with Gasteiger partial charge in [-0.2, -0.15) is 8.42 Å². The van der Waals surface area contributed by atoms with E-state index in [1.165, 1.54) is 41.0 Å². The lowest BCUT2D eigenvalue weighted by Crippen LogP contribution is -2.23. The third-order valence-corrected chi connectivity index (χ3v) is 6.25. The highest BCUT2D eigenvalue weighted by molar-refractivity contribution is 7.90. The molecule has 0 N–H and O–H groups in total. The van der Waals surface area contributed by atoms with E-state index < -0.39 is 21.8 Å². The molecule has 0 saturated heterocycles. The molecule has 2 aromatic carbocycles. The molecule has 0 saturated carbocycles. The molecule has 0 bridgehead atoms. The number of hydrogen-bond donors (Lipinski definition) is 0. The van der Waals surface area contributed by atoms with Gasteiger partial charge in [0, 0.05) is 5.02 Å². The molecule has 3 aromatic rings. The number of esters is 1. The number of ether oxygens (including phenoxy) is 1. The normalized spacial score (nSPS) is 12.5. The summed E-state index contributed by atoms with van der Waals surface area (Å²) in [5.74, 6) is -1.20. The van der Waals surface area contributed by atoms with E-state index in [2.05, 4.69) is 4.40 Å². The number of rotatable bonds is 5. The van der Waals surface area contributed by atoms with Crippen LogP contribution in [0.4, 0.5) is 4.39 Å². The number of carbonyl (C=O) groups excluding carboxylic acids is 1. The Hall–Kier alpha value is -2.23. The molecular weight excluding hydrogens is 415 g/mol. The Bertz CT molecular complexity index is 1170. The minimum absolute atomic E-state index is 0.0295. The van der Waals surface area contributed by atoms with Crippen molar-refractivity contribution in [2.45, 2.75) is 18.4 Å². The van der Waals surface area contributed by atoms with Crippen molar-refractivity contribution >= 4 is 49.1 Å². The molecule has 10 heteroatoms. The lowest BCUT2D eigenvalue weighted by molar-refractivity contribution is -0.143. The molecule has 142 valence electrons. The average Bonchev–Trinajstić information content (AvgIpc) is 2.93. The number of sulfonamides is 1. The van der Waals surface area contributed by atoms with Crippen LogP contribution < -0.4 is 4.80 Å². The Morgan fingerprint density at radius 1 is 1.26 bits per heavy atom. The van der Waals surface area contributed by atoms with Crippen molar-refractivity contribution in [3.8, 4) is 0 Å². The first-order valence-electron chi connectivity index (χ1n) is 7.82. The van der Waals surface area contributed by atoms with Crippen molar-refractivity contribution in [1.82, 2.24) is 4.57 Å². The first-order valence-corrected chi connectivity index (χ1v) is 10.5. The van der Waals surface area contributed by atoms with Gasteiger partial charge in [-0.05, 0) is 43.3 Å². The second-order valence-electron chi connectivity index (χ2n) is 5.38. The predicted molar refractivity (Wildman–Crippen MR) is 101 cm³/mol. The fourth-order valence-corrected chi connectivity index (χ4v) is 4.77. The van der Waals surface area contributed by atoms with E-state index in [1.807, 2.05) is 0 Å². The zero-order chi connectivity index (χ0) is 19.6. The Morgan fingerprint density at radius 2 is 1.96 bits per heavy atom. The fraction of sp³-hybridized carbons (Fsp3) is 0.176. The molecule has 6 nitrogen and oxygen atoms in total. The molecule has 0 aliphatic heterocycles. The highest BCUT2D eigenvalue weighted by atomic mass is 35.5. The molecule has 0 amide bonds. The summed E-state index contributed by atoms with van der Waals surface area (Å²) in [5, 5.41) is 0.384. The minimum atomic E-state index is -4.08. The van der Waals surface area contributed by atoms with Crippen LogP contribution in [0.3, 0.4) is 0 Å². The predicted octanol–water partition coefficient (Wildman–Crippen LogP) is 3.35. The van der Waals surface area contributed by atoms with Gasteiger partial charge in [-0.3, -0.25) is 4.79 Å². The number of benzene rings is 2. The summed E-state index contributed by atoms with van der Waals surface area (Å²) in [6.45, 7) is 1.44. The number of thiazole rings is 1. The maximum absolute atomic E-state index is 14.3. The van der Waals surface area contributed by atoms with Crippen LogP contribution in [0.2, 0.25) is 5.02 Å². The SMILES string of the molecule is CCOC(=O)Cn1/c(=N/S(=O)(=O)c2ccc(Cl)cc2)sc2cccc(F)c21. The van der Waals surface area contributed by atoms with Gasteiger partial charge in [-0.25, -0.2) is 4.39 Å². The van der Waals surface area contributed by atoms with E-state index in [0.717, 1.165) is 11.3 Å². The van der Waals surface area contributed by atoms with Crippen LogP contribution in [-0.4, -0.2) is 25.6 Å². The summed E-state index contributed by atoms with van der Waals surface area (Å²) in [6, 6.07) is 9.87. The molecule has 1 aromatic heterocycles. The number of halogens is 2. The standard InChI is InChI=1S/C17H14ClFN2O4S2/c1-2-25-15(22)10-21-16-13(19)4-3-5-14(16)26-17(21)20-27(23,24)12-8-6-11(18)7-9-12/h3-9H,2,10H2,1H3/b20-17-. The molecule has 0 radical (unpaired) electrons. The quantitative estimate of drug-likeness (QED) is 0.584. The summed E-state index contributed by atoms with van der Waals surface area (Å²) in [4.78, 5) is 11.8. The van der Waals surface area contributed by atoms with Crippen molar-refractivity contribution < 1.29 is 22.3 Å². The maximum Gasteiger partial charge on any atom is 0.326 e. The number of hydrogen-bond acceptors (Lipinski definition) is 5. The average molecular weight is 429 g/mol. The summed E-state index contributed by atoms with van der Waals surface area (Å²) in [6.07, 6.45) is 0. The van der Waals surface area contributed by atoms with Crippen molar-refractivity contribution in [3.05, 3.63) is 58.1 Å². The lowest BCUT2D eigenvalue weighted by atomic mass is 10.3. The highest BCUT2D eigenvalue weighted by Gasteiger charge is 2.18. The summed E-state index contributed by atoms with van der Waals surface area (Å²) < 4.78 is 49.9. The molecular formula is C17H14ClFN2O4S2. The smallest absolute Gasteiger partial charge is 0.326 e. The van der Waals surface area contributed by atoms with E-state index in [4.69, 9.17) is 16.3 Å². The summed E-state index contributed by atoms with van der Waals surface area (Å²) in [7, 11) is -4.08. The second-order valence-corrected chi connectivity index (χ2v) is 8.43. The second kappa shape index (κ2) is 7.79. The van der Waals surface area contributed by atoms with Gasteiger partial charge in [-0.15, -0.1) is 4.40 Å². The monoisotopic (exact) mass is 428 g/mol. The number of aromatic nitrogens is 1. The third-order valence-electron chi connectivity index (χ3n) is 3.55. The number of nitrogens with zero attached hydrogens (tertiary/aromatic N) is 2. The molecule has 0 aliphatic rings. The van der Waals surface area contributed by atoms with Gasteiger partial charge in [0.25, 0.3) is 10.0 Å². The van der Waals surface area contributed by atoms with E-state index in [1.54, 1.807) is 13.0 Å². The van der Waals surface area contributed by atoms with Crippen molar-refractivity contribution in [3.63, 3.8) is 0 Å². The maximum atomic E-state index is 14.3. The molecule has 0 aliphatic carbocycles. The third kappa shape index (κ3) is 4.20. The van der Waals surface area contributed by atoms with Gasteiger partial charge in [0.2, 0.25) is 4.80 Å². The molecule has 0 fully saturated rings. The van der Waals surface area contributed by atoms with Gasteiger partial charge < -0.3 is 9.30 Å². The summed E-state index contributed by atoms with van der Waals surface area (Å²) in [5.41, 5.74) is 0.0978. The Kier molecular flexibility index (Phi) is 5.64. The van der Waals surface area contributed by atoms with Crippen molar-refractivity contribution in [2.24, 2.45) is 4.40 Å². The van der Waals surface area contributed by atoms with Crippen LogP contribution in [0, 0.1) is 5.82 Å². The van der Waals surface area contributed by atoms with Crippen LogP contribution in [0.1, 0.15) is 6.92 Å². The van der Waals surface area contributed by atoms with Gasteiger partial charge in [0.15, 0.2) is 0 Å². The van der Waals surface area contributed by atoms with Gasteiger partial charge >= 0.3 is 5.97 Å². The summed E-state index contributed by atoms with van der Waals surface area (Å²) >= 11 is 6.75. The zero-order valence-electron chi connectivity index (χ0n) is 14.1. The number of carbonyl (C=O) groups is 1. The van der Waals surface area contributed by atoms with Gasteiger partial charge in [0.1, 0.15) is 12.4 Å². The molecule has 0 spiro atoms. The highest BCUT2D eigenvalue weighted by Crippen LogP contribution is 2.22. The molecule has 0 unspecified atom stereocenters. The minimum Gasteiger partial charge on any atom is -0.465 e. The van der Waals surface area contributed by atoms with E-state index in [-0.39, 0.29) is 28.4 Å². The van der Waals surface area contributed by atoms with Crippen LogP contribution in [0.25, 0.3) is 10.2 Å². The lowest BCUT2D eigenvalue weighted by Gasteiger charge is -2.06. The zero-order valence-corrected chi connectivity index (χ0v) is 16.4. The van der Waals surface area contributed by atoms with Crippen molar-refractivity contribution in [2.75, 3.05) is 6.61 Å². The Labute approximate surface area is 163 Å². The molecule has 1 heterocycles. The van der Waals surface area contributed by atoms with Crippen LogP contribution in [-0.2, 0) is 26.1 Å². The van der Waals surface area contributed by atoms with Gasteiger partial charge in [0.05, 0.1) is 21.7 Å². The van der Waals surface area contributed by atoms with Crippen molar-refractivity contribution in [1.29, 1.82) is 0 Å². The number of para-hydroxylation sites is 1. The Morgan fingerprint density at radius 3 is 2.63 bits per heavy atom. The van der Waals surface area contributed by atoms with E-state index in [9.17, 15) is 17.6 Å². The number of fused-ring (bicyclic) bond motifs is 1. The molecule has 0 atom stereocenters. The van der Waals surface area contributed by atoms with Crippen LogP contribution >= 0.6 is 22.9 Å². The largest absolute Gasteiger partial charge is 0.465 e. The molecule has 27 heavy (non-hydrogen) atoms. The topological polar surface area (TPSA) is 77.7 Å². The van der Waals surface area contributed by atoms with Crippen LogP contribution in [0.15, 0.2) is 51.8 Å².